The molecular weight excluding hydrogens is 1240 g/mol. The van der Waals surface area contributed by atoms with Gasteiger partial charge in [-0.15, -0.1) is 24.0 Å². The van der Waals surface area contributed by atoms with Gasteiger partial charge in [-0.25, -0.2) is 24.0 Å². The number of aryl methyl sites for hydroxylation is 2. The molecule has 2 aromatic heterocycles. The largest absolute Gasteiger partial charge is 0.457 e. The number of alkyl halides is 2. The van der Waals surface area contributed by atoms with E-state index in [4.69, 9.17) is 23.5 Å². The van der Waals surface area contributed by atoms with Crippen LogP contribution in [-0.2, 0) is 48.2 Å². The number of carbonyl (C=O) groups excluding carboxylic acids is 5. The van der Waals surface area contributed by atoms with Gasteiger partial charge in [-0.2, -0.15) is 17.2 Å². The Labute approximate surface area is 504 Å². The summed E-state index contributed by atoms with van der Waals surface area (Å²) in [6, 6.07) is 45.2. The zero-order valence-electron chi connectivity index (χ0n) is 46.8. The molecule has 0 atom stereocenters. The molecule has 2 aliphatic carbocycles. The summed E-state index contributed by atoms with van der Waals surface area (Å²) in [7, 11) is -6.17. The van der Waals surface area contributed by atoms with E-state index in [-0.39, 0.29) is 74.9 Å². The van der Waals surface area contributed by atoms with Crippen molar-refractivity contribution in [1.29, 1.82) is 0 Å². The van der Waals surface area contributed by atoms with Crippen LogP contribution in [0.4, 0.5) is 8.78 Å². The van der Waals surface area contributed by atoms with E-state index in [1.807, 2.05) is 38.1 Å². The maximum Gasteiger partial charge on any atom is 0.402 e. The molecular formula is C64H67F2IO13S3+2. The normalized spacial score (nSPS) is 14.4. The van der Waals surface area contributed by atoms with Gasteiger partial charge in [0.15, 0.2) is 48.4 Å². The monoisotopic (exact) mass is 1300 g/mol. The van der Waals surface area contributed by atoms with Gasteiger partial charge in [-0.1, -0.05) is 81.1 Å². The van der Waals surface area contributed by atoms with Crippen LogP contribution >= 0.6 is 44.9 Å². The third kappa shape index (κ3) is 14.7. The summed E-state index contributed by atoms with van der Waals surface area (Å²) in [5, 5.41) is 0.473. The van der Waals surface area contributed by atoms with Crippen molar-refractivity contribution >= 4 is 125 Å². The van der Waals surface area contributed by atoms with Crippen molar-refractivity contribution in [1.82, 2.24) is 0 Å². The highest BCUT2D eigenvalue weighted by Gasteiger charge is 2.46. The SMILES string of the molecule is C=C(C)C(=O)OCC(F)(F)S(=O)(=O)O.CCC1(OC(=O)COC(=O)c2ccc(C)c(-[s+]3c4ccccc4c4ccccc43)c2)CCCC1.CCC1(OC(=O)COC(=O)c2ccc(C)c(-[s+]3c4ccccc4c4ccccc43)c2)CCCC1.I. The Bertz CT molecular complexity index is 3520. The molecule has 0 unspecified atom stereocenters. The molecule has 13 nitrogen and oxygen atoms in total. The second-order valence-corrected chi connectivity index (χ2v) is 26.0. The van der Waals surface area contributed by atoms with E-state index in [1.54, 1.807) is 12.1 Å². The van der Waals surface area contributed by atoms with Crippen LogP contribution in [0.25, 0.3) is 50.1 Å². The Morgan fingerprint density at radius 2 is 0.892 bits per heavy atom. The first-order chi connectivity index (χ1) is 39.1. The number of halogens is 3. The lowest BCUT2D eigenvalue weighted by Gasteiger charge is -2.27. The van der Waals surface area contributed by atoms with Crippen LogP contribution in [0.3, 0.4) is 0 Å². The van der Waals surface area contributed by atoms with Gasteiger partial charge in [0.05, 0.1) is 11.1 Å². The van der Waals surface area contributed by atoms with Crippen molar-refractivity contribution in [2.24, 2.45) is 0 Å². The van der Waals surface area contributed by atoms with E-state index < -0.39 is 51.8 Å². The molecule has 2 heterocycles. The molecule has 2 aliphatic rings. The Hall–Kier alpha value is -6.65. The van der Waals surface area contributed by atoms with Crippen molar-refractivity contribution in [3.8, 4) is 9.79 Å². The molecule has 0 bridgehead atoms. The number of thiophene rings is 2. The van der Waals surface area contributed by atoms with Gasteiger partial charge in [0.1, 0.15) is 11.2 Å². The highest BCUT2D eigenvalue weighted by molar-refractivity contribution is 14.0. The van der Waals surface area contributed by atoms with Gasteiger partial charge in [0.25, 0.3) is 0 Å². The van der Waals surface area contributed by atoms with Crippen LogP contribution < -0.4 is 0 Å². The highest BCUT2D eigenvalue weighted by atomic mass is 127. The molecule has 19 heteroatoms. The smallest absolute Gasteiger partial charge is 0.402 e. The van der Waals surface area contributed by atoms with E-state index >= 15 is 0 Å². The molecule has 2 fully saturated rings. The number of esters is 5. The van der Waals surface area contributed by atoms with Gasteiger partial charge < -0.3 is 23.7 Å². The van der Waals surface area contributed by atoms with E-state index in [0.717, 1.165) is 85.1 Å². The Morgan fingerprint density at radius 1 is 0.566 bits per heavy atom. The lowest BCUT2D eigenvalue weighted by Crippen LogP contribution is -2.34. The van der Waals surface area contributed by atoms with E-state index in [1.165, 1.54) is 47.3 Å². The summed E-state index contributed by atoms with van der Waals surface area (Å²) >= 11 is 0. The molecule has 0 spiro atoms. The van der Waals surface area contributed by atoms with Crippen molar-refractivity contribution in [3.63, 3.8) is 0 Å². The minimum atomic E-state index is -5.56. The molecule has 10 rings (SSSR count). The highest BCUT2D eigenvalue weighted by Crippen LogP contribution is 2.51. The number of hydrogen-bond donors (Lipinski definition) is 1. The maximum atomic E-state index is 12.9. The zero-order chi connectivity index (χ0) is 59.0. The van der Waals surface area contributed by atoms with Gasteiger partial charge in [-0.05, 0) is 146 Å². The number of ether oxygens (including phenoxy) is 5. The predicted molar refractivity (Wildman–Crippen MR) is 333 cm³/mol. The van der Waals surface area contributed by atoms with Crippen LogP contribution in [0, 0.1) is 13.8 Å². The zero-order valence-corrected chi connectivity index (χ0v) is 51.6. The molecule has 0 saturated heterocycles. The number of hydrogen-bond acceptors (Lipinski definition) is 12. The van der Waals surface area contributed by atoms with Crippen molar-refractivity contribution in [3.05, 3.63) is 168 Å². The first-order valence-corrected chi connectivity index (χ1v) is 31.0. The number of benzene rings is 6. The first-order valence-electron chi connectivity index (χ1n) is 27.1. The standard InChI is InChI=1S/2C29H29O4S.C6H8F2O5S.HI/c2*1-3-29(16-8-9-17-29)33-27(30)19-32-28(31)21-15-14-20(2)26(18-21)34-24-12-6-4-10-22(24)23-11-5-7-13-25(23)34;1-4(2)5(9)13-3-6(7,8)14(10,11)12;/h2*4-7,10-15,18H,3,8-9,16-17,19H2,1-2H3;1,3H2,2H3,(H,10,11,12);1H/q2*+1;;. The maximum absolute atomic E-state index is 12.9. The predicted octanol–water partition coefficient (Wildman–Crippen LogP) is 16.1. The Morgan fingerprint density at radius 3 is 1.19 bits per heavy atom. The number of fused-ring (bicyclic) bond motifs is 6. The van der Waals surface area contributed by atoms with Crippen LogP contribution in [0.5, 0.6) is 0 Å². The fourth-order valence-corrected chi connectivity index (χ4v) is 15.8. The number of rotatable bonds is 16. The lowest BCUT2D eigenvalue weighted by atomic mass is 9.99. The second kappa shape index (κ2) is 27.4. The van der Waals surface area contributed by atoms with E-state index in [0.29, 0.717) is 11.1 Å². The fraction of sp³-hybridized carbons (Fsp3) is 0.328. The van der Waals surface area contributed by atoms with Gasteiger partial charge in [-0.3, -0.25) is 4.55 Å². The van der Waals surface area contributed by atoms with Gasteiger partial charge >= 0.3 is 45.2 Å². The summed E-state index contributed by atoms with van der Waals surface area (Å²) < 4.78 is 84.0. The molecule has 8 aromatic rings. The van der Waals surface area contributed by atoms with Crippen LogP contribution in [0.2, 0.25) is 0 Å². The van der Waals surface area contributed by atoms with E-state index in [9.17, 15) is 41.2 Å². The molecule has 83 heavy (non-hydrogen) atoms. The third-order valence-corrected chi connectivity index (χ3v) is 20.8. The van der Waals surface area contributed by atoms with Crippen LogP contribution in [0.15, 0.2) is 146 Å². The summed E-state index contributed by atoms with van der Waals surface area (Å²) in [5.41, 5.74) is 2.23. The van der Waals surface area contributed by atoms with Gasteiger partial charge in [0.2, 0.25) is 0 Å². The molecule has 1 N–H and O–H groups in total. The second-order valence-electron chi connectivity index (χ2n) is 20.6. The average molecular weight is 1310 g/mol. The third-order valence-electron chi connectivity index (χ3n) is 15.0. The molecule has 2 saturated carbocycles. The Kier molecular flexibility index (Phi) is 21.1. The summed E-state index contributed by atoms with van der Waals surface area (Å²) in [4.78, 5) is 63.4. The molecule has 6 aromatic carbocycles. The molecule has 0 amide bonds. The van der Waals surface area contributed by atoms with Crippen LogP contribution in [0.1, 0.15) is 117 Å². The molecule has 0 radical (unpaired) electrons. The van der Waals surface area contributed by atoms with E-state index in [2.05, 4.69) is 122 Å². The lowest BCUT2D eigenvalue weighted by molar-refractivity contribution is -0.164. The quantitative estimate of drug-likeness (QED) is 0.0241. The van der Waals surface area contributed by atoms with Crippen molar-refractivity contribution < 1.29 is 69.4 Å². The Balaban J connectivity index is 0.000000194. The average Bonchev–Trinajstić information content (AvgIpc) is 4.44. The molecule has 438 valence electrons. The first kappa shape index (κ1) is 63.9. The molecule has 0 aliphatic heterocycles. The number of carbonyl (C=O) groups is 5. The van der Waals surface area contributed by atoms with Gasteiger partial charge in [0, 0.05) is 71.3 Å². The summed E-state index contributed by atoms with van der Waals surface area (Å²) in [6.45, 7) is 10.1. The minimum Gasteiger partial charge on any atom is -0.457 e. The summed E-state index contributed by atoms with van der Waals surface area (Å²) in [6.07, 6.45) is 9.40. The summed E-state index contributed by atoms with van der Waals surface area (Å²) in [5.74, 6) is -3.10. The van der Waals surface area contributed by atoms with Crippen molar-refractivity contribution in [2.75, 3.05) is 19.8 Å². The van der Waals surface area contributed by atoms with Crippen LogP contribution in [-0.4, -0.2) is 79.1 Å². The fourth-order valence-electron chi connectivity index (χ4n) is 10.5. The minimum absolute atomic E-state index is 0. The van der Waals surface area contributed by atoms with Crippen molar-refractivity contribution in [2.45, 2.75) is 115 Å². The topological polar surface area (TPSA) is 186 Å².